The van der Waals surface area contributed by atoms with Crippen LogP contribution in [0.4, 0.5) is 0 Å². The van der Waals surface area contributed by atoms with Gasteiger partial charge in [0, 0.05) is 20.3 Å². The molecule has 0 atom stereocenters. The highest BCUT2D eigenvalue weighted by Gasteiger charge is 2.05. The molecule has 0 amide bonds. The lowest BCUT2D eigenvalue weighted by atomic mass is 10.2. The summed E-state index contributed by atoms with van der Waals surface area (Å²) in [5.74, 6) is 0.142. The molecule has 0 unspecified atom stereocenters. The van der Waals surface area contributed by atoms with Crippen molar-refractivity contribution in [3.63, 3.8) is 0 Å². The summed E-state index contributed by atoms with van der Waals surface area (Å²) in [5, 5.41) is 4.67. The number of rotatable bonds is 8. The molecule has 0 fully saturated rings. The minimum Gasteiger partial charge on any atom is -0.466 e. The Morgan fingerprint density at radius 3 is 2.45 bits per heavy atom. The number of unbranched alkanes of at least 4 members (excludes halogenated alkanes) is 1. The number of benzene rings is 1. The molecule has 1 aromatic carbocycles. The summed E-state index contributed by atoms with van der Waals surface area (Å²) in [6, 6.07) is 9.88. The van der Waals surface area contributed by atoms with Crippen LogP contribution in [0.25, 0.3) is 0 Å². The lowest BCUT2D eigenvalue weighted by Gasteiger charge is -2.06. The Kier molecular flexibility index (Phi) is 8.98. The summed E-state index contributed by atoms with van der Waals surface area (Å²) in [5.41, 5.74) is 1.11. The van der Waals surface area contributed by atoms with Crippen molar-refractivity contribution in [3.8, 4) is 0 Å². The van der Waals surface area contributed by atoms with Crippen LogP contribution < -0.4 is 0 Å². The van der Waals surface area contributed by atoms with E-state index < -0.39 is 5.97 Å². The number of ether oxygens (including phenoxy) is 1. The first-order chi connectivity index (χ1) is 10.6. The number of carbonyl (C=O) groups excluding carboxylic acids is 2. The molecule has 0 saturated heterocycles. The normalized spacial score (nSPS) is 11.1. The Balaban J connectivity index is 2.40. The van der Waals surface area contributed by atoms with E-state index >= 15 is 0 Å². The number of esters is 1. The van der Waals surface area contributed by atoms with Gasteiger partial charge in [0.15, 0.2) is 0 Å². The zero-order valence-corrected chi connectivity index (χ0v) is 13.7. The molecular formula is C16H21NO4S. The predicted octanol–water partition coefficient (Wildman–Crippen LogP) is 3.18. The van der Waals surface area contributed by atoms with Gasteiger partial charge in [0.25, 0.3) is 0 Å². The van der Waals surface area contributed by atoms with Gasteiger partial charge in [0.1, 0.15) is 5.04 Å². The molecule has 0 saturated carbocycles. The van der Waals surface area contributed by atoms with Gasteiger partial charge in [0.05, 0.1) is 6.61 Å². The van der Waals surface area contributed by atoms with Crippen molar-refractivity contribution in [1.29, 1.82) is 0 Å². The average Bonchev–Trinajstić information content (AvgIpc) is 2.48. The molecule has 6 heteroatoms. The fourth-order valence-corrected chi connectivity index (χ4v) is 2.55. The van der Waals surface area contributed by atoms with Crippen LogP contribution in [0.1, 0.15) is 32.3 Å². The first-order valence-electron chi connectivity index (χ1n) is 7.12. The van der Waals surface area contributed by atoms with Crippen LogP contribution in [-0.2, 0) is 25.6 Å². The number of hydrogen-bond acceptors (Lipinski definition) is 6. The van der Waals surface area contributed by atoms with Gasteiger partial charge in [0.2, 0.25) is 0 Å². The fourth-order valence-electron chi connectivity index (χ4n) is 1.61. The van der Waals surface area contributed by atoms with Crippen LogP contribution in [0.5, 0.6) is 0 Å². The van der Waals surface area contributed by atoms with Crippen LogP contribution in [0, 0.1) is 0 Å². The minimum atomic E-state index is -0.430. The van der Waals surface area contributed by atoms with Crippen LogP contribution in [0.2, 0.25) is 0 Å². The second kappa shape index (κ2) is 10.8. The number of carbonyl (C=O) groups is 2. The van der Waals surface area contributed by atoms with Gasteiger partial charge >= 0.3 is 11.9 Å². The monoisotopic (exact) mass is 323 g/mol. The largest absolute Gasteiger partial charge is 0.466 e. The van der Waals surface area contributed by atoms with E-state index in [0.29, 0.717) is 13.0 Å². The van der Waals surface area contributed by atoms with Gasteiger partial charge in [-0.2, -0.15) is 0 Å². The summed E-state index contributed by atoms with van der Waals surface area (Å²) in [6.45, 7) is 3.16. The lowest BCUT2D eigenvalue weighted by Crippen LogP contribution is -2.04. The highest BCUT2D eigenvalue weighted by molar-refractivity contribution is 8.13. The number of thioether (sulfide) groups is 1. The summed E-state index contributed by atoms with van der Waals surface area (Å²) in [7, 11) is 0. The van der Waals surface area contributed by atoms with Crippen LogP contribution in [0.15, 0.2) is 35.5 Å². The van der Waals surface area contributed by atoms with Gasteiger partial charge in [-0.3, -0.25) is 4.79 Å². The molecule has 0 aliphatic heterocycles. The van der Waals surface area contributed by atoms with E-state index in [-0.39, 0.29) is 5.97 Å². The van der Waals surface area contributed by atoms with Gasteiger partial charge in [-0.1, -0.05) is 35.5 Å². The zero-order chi connectivity index (χ0) is 16.2. The predicted molar refractivity (Wildman–Crippen MR) is 87.7 cm³/mol. The standard InChI is InChI=1S/C16H21NO4S/c1-13(18)20-10-6-7-11-22-16(17-21-14(2)19)12-15-8-4-3-5-9-15/h3-5,8-9H,6-7,10-12H2,1-2H3/b17-16-. The number of oxime groups is 1. The highest BCUT2D eigenvalue weighted by atomic mass is 32.2. The van der Waals surface area contributed by atoms with E-state index in [4.69, 9.17) is 9.57 Å². The van der Waals surface area contributed by atoms with E-state index in [9.17, 15) is 9.59 Å². The van der Waals surface area contributed by atoms with E-state index in [1.165, 1.54) is 13.8 Å². The summed E-state index contributed by atoms with van der Waals surface area (Å²) < 4.78 is 4.88. The molecule has 0 heterocycles. The molecule has 5 nitrogen and oxygen atoms in total. The molecule has 1 rings (SSSR count). The molecule has 0 aliphatic carbocycles. The van der Waals surface area contributed by atoms with Crippen LogP contribution in [0.3, 0.4) is 0 Å². The molecule has 22 heavy (non-hydrogen) atoms. The molecule has 0 aliphatic rings. The van der Waals surface area contributed by atoms with Crippen molar-refractivity contribution in [1.82, 2.24) is 0 Å². The number of nitrogens with zero attached hydrogens (tertiary/aromatic N) is 1. The van der Waals surface area contributed by atoms with Crippen molar-refractivity contribution in [2.24, 2.45) is 5.16 Å². The van der Waals surface area contributed by atoms with Gasteiger partial charge in [-0.05, 0) is 24.2 Å². The summed E-state index contributed by atoms with van der Waals surface area (Å²) in [6.07, 6.45) is 2.33. The Morgan fingerprint density at radius 2 is 1.82 bits per heavy atom. The molecule has 120 valence electrons. The molecule has 0 spiro atoms. The SMILES string of the molecule is CC(=O)OCCCCS/C(Cc1ccccc1)=N\OC(C)=O. The van der Waals surface area contributed by atoms with Gasteiger partial charge in [-0.25, -0.2) is 4.79 Å². The fraction of sp³-hybridized carbons (Fsp3) is 0.438. The minimum absolute atomic E-state index is 0.256. The zero-order valence-electron chi connectivity index (χ0n) is 12.9. The first kappa shape index (κ1) is 18.2. The van der Waals surface area contributed by atoms with Crippen molar-refractivity contribution < 1.29 is 19.2 Å². The second-order valence-electron chi connectivity index (χ2n) is 4.63. The summed E-state index contributed by atoms with van der Waals surface area (Å²) >= 11 is 1.55. The third-order valence-electron chi connectivity index (χ3n) is 2.59. The maximum atomic E-state index is 10.9. The van der Waals surface area contributed by atoms with Crippen molar-refractivity contribution >= 4 is 28.7 Å². The Morgan fingerprint density at radius 1 is 1.09 bits per heavy atom. The topological polar surface area (TPSA) is 65.0 Å². The van der Waals surface area contributed by atoms with Gasteiger partial charge < -0.3 is 9.57 Å². The third kappa shape index (κ3) is 9.18. The lowest BCUT2D eigenvalue weighted by molar-refractivity contribution is -0.141. The van der Waals surface area contributed by atoms with E-state index in [1.807, 2.05) is 30.3 Å². The molecule has 0 radical (unpaired) electrons. The van der Waals surface area contributed by atoms with Crippen LogP contribution >= 0.6 is 11.8 Å². The maximum Gasteiger partial charge on any atom is 0.332 e. The maximum absolute atomic E-state index is 10.9. The Labute approximate surface area is 135 Å². The van der Waals surface area contributed by atoms with E-state index in [1.54, 1.807) is 11.8 Å². The molecule has 1 aromatic rings. The Hall–Kier alpha value is -1.82. The molecule has 0 bridgehead atoms. The molecular weight excluding hydrogens is 302 g/mol. The first-order valence-corrected chi connectivity index (χ1v) is 8.11. The summed E-state index contributed by atoms with van der Waals surface area (Å²) in [4.78, 5) is 26.3. The number of hydrogen-bond donors (Lipinski definition) is 0. The van der Waals surface area contributed by atoms with E-state index in [2.05, 4.69) is 5.16 Å². The molecule has 0 N–H and O–H groups in total. The molecule has 0 aromatic heterocycles. The van der Waals surface area contributed by atoms with Crippen LogP contribution in [-0.4, -0.2) is 29.3 Å². The second-order valence-corrected chi connectivity index (χ2v) is 5.79. The third-order valence-corrected chi connectivity index (χ3v) is 3.63. The van der Waals surface area contributed by atoms with Crippen molar-refractivity contribution in [3.05, 3.63) is 35.9 Å². The smallest absolute Gasteiger partial charge is 0.332 e. The average molecular weight is 323 g/mol. The Bertz CT molecular complexity index is 502. The highest BCUT2D eigenvalue weighted by Crippen LogP contribution is 2.13. The van der Waals surface area contributed by atoms with Crippen molar-refractivity contribution in [2.75, 3.05) is 12.4 Å². The quantitative estimate of drug-likeness (QED) is 0.184. The van der Waals surface area contributed by atoms with Gasteiger partial charge in [-0.15, -0.1) is 11.8 Å². The van der Waals surface area contributed by atoms with Crippen molar-refractivity contribution in [2.45, 2.75) is 33.1 Å². The van der Waals surface area contributed by atoms with E-state index in [0.717, 1.165) is 29.2 Å².